The second kappa shape index (κ2) is 11.2. The van der Waals surface area contributed by atoms with Gasteiger partial charge in [0.25, 0.3) is 0 Å². The average Bonchev–Trinajstić information content (AvgIpc) is 3.54. The van der Waals surface area contributed by atoms with E-state index in [1.807, 2.05) is 25.1 Å². The van der Waals surface area contributed by atoms with Crippen molar-refractivity contribution in [2.75, 3.05) is 20.8 Å². The summed E-state index contributed by atoms with van der Waals surface area (Å²) in [5.74, 6) is 1.82. The number of pyridine rings is 1. The van der Waals surface area contributed by atoms with Crippen LogP contribution < -0.4 is 20.1 Å². The molecule has 1 saturated carbocycles. The molecule has 3 rings (SSSR count). The lowest BCUT2D eigenvalue weighted by molar-refractivity contribution is 0.288. The van der Waals surface area contributed by atoms with Crippen LogP contribution in [0.5, 0.6) is 11.6 Å². The number of benzene rings is 1. The summed E-state index contributed by atoms with van der Waals surface area (Å²) in [7, 11) is 3.15. The maximum absolute atomic E-state index is 13.9. The molecule has 0 aliphatic heterocycles. The van der Waals surface area contributed by atoms with Crippen LogP contribution in [0, 0.1) is 11.7 Å². The highest BCUT2D eigenvalue weighted by Crippen LogP contribution is 2.29. The van der Waals surface area contributed by atoms with Gasteiger partial charge in [0.05, 0.1) is 19.8 Å². The normalized spacial score (nSPS) is 14.6. The number of methoxy groups -OCH3 is 1. The van der Waals surface area contributed by atoms with Crippen LogP contribution in [0.25, 0.3) is 0 Å². The predicted octanol–water partition coefficient (Wildman–Crippen LogP) is 4.06. The fourth-order valence-electron chi connectivity index (χ4n) is 2.75. The molecule has 1 aromatic heterocycles. The van der Waals surface area contributed by atoms with Gasteiger partial charge in [0.2, 0.25) is 5.88 Å². The number of hydrogen-bond acceptors (Lipinski definition) is 4. The highest BCUT2D eigenvalue weighted by molar-refractivity contribution is 14.0. The van der Waals surface area contributed by atoms with E-state index < -0.39 is 0 Å². The molecule has 0 spiro atoms. The molecule has 8 heteroatoms. The first-order valence-electron chi connectivity index (χ1n) is 9.47. The smallest absolute Gasteiger partial charge is 0.213 e. The number of aromatic nitrogens is 1. The maximum Gasteiger partial charge on any atom is 0.213 e. The number of aliphatic imine (C=N–C) groups is 1. The Hall–Kier alpha value is -2.10. The number of hydrogen-bond donors (Lipinski definition) is 2. The van der Waals surface area contributed by atoms with Gasteiger partial charge in [-0.25, -0.2) is 9.37 Å². The molecular formula is C21H28FIN4O2. The molecule has 1 aliphatic carbocycles. The van der Waals surface area contributed by atoms with E-state index in [0.717, 1.165) is 17.7 Å². The Morgan fingerprint density at radius 2 is 2.10 bits per heavy atom. The number of nitrogens with zero attached hydrogens (tertiary/aromatic N) is 2. The van der Waals surface area contributed by atoms with Crippen LogP contribution in [0.15, 0.2) is 41.5 Å². The van der Waals surface area contributed by atoms with Crippen molar-refractivity contribution < 1.29 is 13.9 Å². The molecule has 1 atom stereocenters. The molecule has 29 heavy (non-hydrogen) atoms. The van der Waals surface area contributed by atoms with Gasteiger partial charge in [0.1, 0.15) is 0 Å². The molecule has 1 aliphatic rings. The van der Waals surface area contributed by atoms with Gasteiger partial charge in [-0.1, -0.05) is 6.07 Å². The van der Waals surface area contributed by atoms with Crippen molar-refractivity contribution >= 4 is 29.9 Å². The van der Waals surface area contributed by atoms with Crippen molar-refractivity contribution in [1.29, 1.82) is 0 Å². The summed E-state index contributed by atoms with van der Waals surface area (Å²) >= 11 is 0. The van der Waals surface area contributed by atoms with Crippen molar-refractivity contribution in [1.82, 2.24) is 15.6 Å². The minimum atomic E-state index is -0.382. The van der Waals surface area contributed by atoms with E-state index in [2.05, 4.69) is 20.6 Å². The van der Waals surface area contributed by atoms with Gasteiger partial charge in [-0.05, 0) is 55.0 Å². The molecule has 1 unspecified atom stereocenters. The zero-order valence-electron chi connectivity index (χ0n) is 16.9. The van der Waals surface area contributed by atoms with E-state index in [9.17, 15) is 4.39 Å². The van der Waals surface area contributed by atoms with Crippen LogP contribution in [0.3, 0.4) is 0 Å². The highest BCUT2D eigenvalue weighted by Gasteiger charge is 2.22. The van der Waals surface area contributed by atoms with Crippen LogP contribution in [-0.2, 0) is 6.54 Å². The zero-order chi connectivity index (χ0) is 19.9. The molecule has 158 valence electrons. The Balaban J connectivity index is 0.00000300. The number of nitrogens with one attached hydrogen (secondary N) is 2. The largest absolute Gasteiger partial charge is 0.494 e. The lowest BCUT2D eigenvalue weighted by Gasteiger charge is -2.19. The SMILES string of the molecule is CN=C(NCc1ccnc(OCC2CC2)c1)NC(C)c1ccc(OC)c(F)c1.I. The standard InChI is InChI=1S/C21H27FN4O2.HI/c1-14(17-6-7-19(27-3)18(22)11-17)26-21(23-2)25-12-16-8-9-24-20(10-16)28-13-15-4-5-15;/h6-11,14-15H,4-5,12-13H2,1-3H3,(H2,23,25,26);1H. The molecule has 1 heterocycles. The minimum absolute atomic E-state index is 0. The summed E-state index contributed by atoms with van der Waals surface area (Å²) < 4.78 is 24.6. The first-order valence-corrected chi connectivity index (χ1v) is 9.47. The second-order valence-electron chi connectivity index (χ2n) is 6.94. The van der Waals surface area contributed by atoms with Crippen LogP contribution in [0.4, 0.5) is 4.39 Å². The predicted molar refractivity (Wildman–Crippen MR) is 123 cm³/mol. The fourth-order valence-corrected chi connectivity index (χ4v) is 2.75. The van der Waals surface area contributed by atoms with Crippen molar-refractivity contribution in [2.45, 2.75) is 32.4 Å². The van der Waals surface area contributed by atoms with E-state index in [0.29, 0.717) is 24.3 Å². The third kappa shape index (κ3) is 7.02. The first-order chi connectivity index (χ1) is 13.6. The van der Waals surface area contributed by atoms with E-state index in [-0.39, 0.29) is 41.6 Å². The summed E-state index contributed by atoms with van der Waals surface area (Å²) in [6.07, 6.45) is 4.25. The Morgan fingerprint density at radius 1 is 1.31 bits per heavy atom. The van der Waals surface area contributed by atoms with Gasteiger partial charge < -0.3 is 20.1 Å². The molecule has 0 radical (unpaired) electrons. The molecule has 0 saturated heterocycles. The lowest BCUT2D eigenvalue weighted by atomic mass is 10.1. The van der Waals surface area contributed by atoms with E-state index in [1.54, 1.807) is 19.3 Å². The Kier molecular flexibility index (Phi) is 8.94. The van der Waals surface area contributed by atoms with Crippen LogP contribution in [0.1, 0.15) is 36.9 Å². The highest BCUT2D eigenvalue weighted by atomic mass is 127. The molecule has 6 nitrogen and oxygen atoms in total. The van der Waals surface area contributed by atoms with Gasteiger partial charge in [0.15, 0.2) is 17.5 Å². The summed E-state index contributed by atoms with van der Waals surface area (Å²) in [5.41, 5.74) is 1.85. The molecule has 0 amide bonds. The van der Waals surface area contributed by atoms with E-state index in [1.165, 1.54) is 26.0 Å². The number of ether oxygens (including phenoxy) is 2. The van der Waals surface area contributed by atoms with Crippen molar-refractivity contribution in [3.05, 3.63) is 53.5 Å². The summed E-state index contributed by atoms with van der Waals surface area (Å²) in [6.45, 7) is 3.26. The van der Waals surface area contributed by atoms with E-state index >= 15 is 0 Å². The number of rotatable bonds is 8. The van der Waals surface area contributed by atoms with Gasteiger partial charge in [-0.3, -0.25) is 4.99 Å². The third-order valence-corrected chi connectivity index (χ3v) is 4.68. The summed E-state index contributed by atoms with van der Waals surface area (Å²) in [5, 5.41) is 6.53. The summed E-state index contributed by atoms with van der Waals surface area (Å²) in [6, 6.07) is 8.67. The molecular weight excluding hydrogens is 486 g/mol. The Morgan fingerprint density at radius 3 is 2.76 bits per heavy atom. The van der Waals surface area contributed by atoms with Gasteiger partial charge in [-0.2, -0.15) is 0 Å². The van der Waals surface area contributed by atoms with Crippen LogP contribution in [0.2, 0.25) is 0 Å². The minimum Gasteiger partial charge on any atom is -0.494 e. The first kappa shape index (κ1) is 23.2. The monoisotopic (exact) mass is 514 g/mol. The van der Waals surface area contributed by atoms with Crippen molar-refractivity contribution in [2.24, 2.45) is 10.9 Å². The molecule has 1 aromatic carbocycles. The van der Waals surface area contributed by atoms with Gasteiger partial charge in [0, 0.05) is 25.9 Å². The van der Waals surface area contributed by atoms with Crippen molar-refractivity contribution in [3.63, 3.8) is 0 Å². The maximum atomic E-state index is 13.9. The quantitative estimate of drug-likeness (QED) is 0.316. The zero-order valence-corrected chi connectivity index (χ0v) is 19.3. The molecule has 2 aromatic rings. The topological polar surface area (TPSA) is 67.8 Å². The second-order valence-corrected chi connectivity index (χ2v) is 6.94. The Labute approximate surface area is 188 Å². The van der Waals surface area contributed by atoms with Crippen LogP contribution >= 0.6 is 24.0 Å². The number of guanidine groups is 1. The lowest BCUT2D eigenvalue weighted by Crippen LogP contribution is -2.38. The molecule has 1 fully saturated rings. The fraction of sp³-hybridized carbons (Fsp3) is 0.429. The molecule has 2 N–H and O–H groups in total. The van der Waals surface area contributed by atoms with Gasteiger partial charge >= 0.3 is 0 Å². The van der Waals surface area contributed by atoms with Crippen LogP contribution in [-0.4, -0.2) is 31.7 Å². The van der Waals surface area contributed by atoms with Crippen molar-refractivity contribution in [3.8, 4) is 11.6 Å². The number of halogens is 2. The molecule has 0 bridgehead atoms. The average molecular weight is 514 g/mol. The third-order valence-electron chi connectivity index (χ3n) is 4.68. The van der Waals surface area contributed by atoms with Gasteiger partial charge in [-0.15, -0.1) is 24.0 Å². The Bertz CT molecular complexity index is 830. The van der Waals surface area contributed by atoms with E-state index in [4.69, 9.17) is 9.47 Å². The summed E-state index contributed by atoms with van der Waals surface area (Å²) in [4.78, 5) is 8.50.